The molecule has 0 rings (SSSR count). The summed E-state index contributed by atoms with van der Waals surface area (Å²) in [6.07, 6.45) is 49.6. The highest BCUT2D eigenvalue weighted by molar-refractivity contribution is 5.69. The molecule has 0 spiro atoms. The molecule has 0 saturated carbocycles. The number of ether oxygens (including phenoxy) is 1. The van der Waals surface area contributed by atoms with Crippen LogP contribution < -0.4 is 0 Å². The van der Waals surface area contributed by atoms with Crippen molar-refractivity contribution >= 4 is 11.9 Å². The molecule has 1 unspecified atom stereocenters. The molecule has 1 atom stereocenters. The van der Waals surface area contributed by atoms with E-state index < -0.39 is 5.97 Å². The van der Waals surface area contributed by atoms with Gasteiger partial charge in [0.1, 0.15) is 6.10 Å². The van der Waals surface area contributed by atoms with Crippen LogP contribution in [0, 0.1) is 0 Å². The first-order valence-corrected chi connectivity index (χ1v) is 18.8. The molecule has 0 aliphatic heterocycles. The van der Waals surface area contributed by atoms with Gasteiger partial charge in [0.05, 0.1) is 0 Å². The molecular formula is C41H70O4. The topological polar surface area (TPSA) is 63.6 Å². The predicted octanol–water partition coefficient (Wildman–Crippen LogP) is 12.9. The van der Waals surface area contributed by atoms with Crippen LogP contribution in [0.4, 0.5) is 0 Å². The fourth-order valence-corrected chi connectivity index (χ4v) is 5.14. The molecule has 0 aliphatic rings. The summed E-state index contributed by atoms with van der Waals surface area (Å²) in [5, 5.41) is 8.82. The number of unbranched alkanes of at least 4 members (excludes halogenated alkanes) is 16. The number of carbonyl (C=O) groups is 2. The van der Waals surface area contributed by atoms with Gasteiger partial charge in [-0.1, -0.05) is 139 Å². The molecule has 0 bridgehead atoms. The Morgan fingerprint density at radius 2 is 0.933 bits per heavy atom. The summed E-state index contributed by atoms with van der Waals surface area (Å²) < 4.78 is 5.84. The number of aliphatic carboxylic acids is 1. The first-order chi connectivity index (χ1) is 22.1. The number of carboxylic acids is 1. The molecule has 0 heterocycles. The van der Waals surface area contributed by atoms with Crippen molar-refractivity contribution in [3.63, 3.8) is 0 Å². The molecule has 0 aromatic rings. The van der Waals surface area contributed by atoms with Gasteiger partial charge in [-0.15, -0.1) is 0 Å². The van der Waals surface area contributed by atoms with Gasteiger partial charge in [0.25, 0.3) is 0 Å². The van der Waals surface area contributed by atoms with E-state index in [0.717, 1.165) is 70.6 Å². The van der Waals surface area contributed by atoms with Crippen molar-refractivity contribution in [1.82, 2.24) is 0 Å². The van der Waals surface area contributed by atoms with Gasteiger partial charge in [0, 0.05) is 12.8 Å². The molecule has 0 radical (unpaired) electrons. The van der Waals surface area contributed by atoms with Crippen molar-refractivity contribution in [3.05, 3.63) is 60.8 Å². The van der Waals surface area contributed by atoms with E-state index in [1.807, 2.05) is 0 Å². The van der Waals surface area contributed by atoms with Crippen LogP contribution in [0.3, 0.4) is 0 Å². The van der Waals surface area contributed by atoms with Crippen LogP contribution in [0.15, 0.2) is 60.8 Å². The summed E-state index contributed by atoms with van der Waals surface area (Å²) in [5.41, 5.74) is 0. The van der Waals surface area contributed by atoms with Crippen LogP contribution in [0.1, 0.15) is 181 Å². The number of esters is 1. The van der Waals surface area contributed by atoms with Gasteiger partial charge < -0.3 is 9.84 Å². The Bertz CT molecular complexity index is 804. The van der Waals surface area contributed by atoms with E-state index in [9.17, 15) is 9.59 Å². The number of rotatable bonds is 33. The van der Waals surface area contributed by atoms with Crippen molar-refractivity contribution in [2.45, 2.75) is 187 Å². The van der Waals surface area contributed by atoms with Crippen molar-refractivity contribution in [3.8, 4) is 0 Å². The molecule has 0 saturated heterocycles. The van der Waals surface area contributed by atoms with Gasteiger partial charge in [-0.2, -0.15) is 0 Å². The summed E-state index contributed by atoms with van der Waals surface area (Å²) in [5.74, 6) is -0.824. The largest absolute Gasteiger partial charge is 0.481 e. The maximum atomic E-state index is 12.6. The maximum Gasteiger partial charge on any atom is 0.306 e. The Balaban J connectivity index is 4.06. The van der Waals surface area contributed by atoms with Crippen LogP contribution >= 0.6 is 0 Å². The minimum Gasteiger partial charge on any atom is -0.481 e. The summed E-state index contributed by atoms with van der Waals surface area (Å²) >= 11 is 0. The monoisotopic (exact) mass is 627 g/mol. The Morgan fingerprint density at radius 3 is 1.51 bits per heavy atom. The maximum absolute atomic E-state index is 12.6. The average molecular weight is 627 g/mol. The highest BCUT2D eigenvalue weighted by Gasteiger charge is 2.11. The zero-order valence-corrected chi connectivity index (χ0v) is 29.4. The summed E-state index contributed by atoms with van der Waals surface area (Å²) in [7, 11) is 0. The molecular weight excluding hydrogens is 556 g/mol. The van der Waals surface area contributed by atoms with Gasteiger partial charge in [-0.05, 0) is 89.5 Å². The lowest BCUT2D eigenvalue weighted by Gasteiger charge is -2.14. The lowest BCUT2D eigenvalue weighted by Crippen LogP contribution is -2.16. The SMILES string of the molecule is CCCCC/C=C\C/C=C\C/C=C\CCCCCCCCC(=O)OC(/C=C\C/C=C\CCCCCC)CCCCCCC(=O)O. The lowest BCUT2D eigenvalue weighted by atomic mass is 10.1. The first-order valence-electron chi connectivity index (χ1n) is 18.8. The number of hydrogen-bond acceptors (Lipinski definition) is 3. The van der Waals surface area contributed by atoms with E-state index in [-0.39, 0.29) is 18.5 Å². The predicted molar refractivity (Wildman–Crippen MR) is 195 cm³/mol. The van der Waals surface area contributed by atoms with Gasteiger partial charge in [-0.3, -0.25) is 9.59 Å². The van der Waals surface area contributed by atoms with Crippen molar-refractivity contribution in [2.24, 2.45) is 0 Å². The van der Waals surface area contributed by atoms with Gasteiger partial charge in [0.2, 0.25) is 0 Å². The second-order valence-corrected chi connectivity index (χ2v) is 12.4. The Morgan fingerprint density at radius 1 is 0.511 bits per heavy atom. The minimum atomic E-state index is -0.730. The summed E-state index contributed by atoms with van der Waals surface area (Å²) in [6, 6.07) is 0. The van der Waals surface area contributed by atoms with E-state index in [4.69, 9.17) is 9.84 Å². The smallest absolute Gasteiger partial charge is 0.306 e. The molecule has 4 nitrogen and oxygen atoms in total. The molecule has 0 aromatic carbocycles. The molecule has 45 heavy (non-hydrogen) atoms. The number of hydrogen-bond donors (Lipinski definition) is 1. The van der Waals surface area contributed by atoms with Gasteiger partial charge >= 0.3 is 11.9 Å². The highest BCUT2D eigenvalue weighted by atomic mass is 16.5. The second-order valence-electron chi connectivity index (χ2n) is 12.4. The zero-order chi connectivity index (χ0) is 32.9. The van der Waals surface area contributed by atoms with Crippen LogP contribution in [0.2, 0.25) is 0 Å². The van der Waals surface area contributed by atoms with E-state index in [1.165, 1.54) is 77.0 Å². The second kappa shape index (κ2) is 36.1. The van der Waals surface area contributed by atoms with Crippen LogP contribution in [0.5, 0.6) is 0 Å². The Kier molecular flexibility index (Phi) is 34.2. The quantitative estimate of drug-likeness (QED) is 0.0447. The number of carbonyl (C=O) groups excluding carboxylic acids is 1. The minimum absolute atomic E-state index is 0.0934. The molecule has 0 amide bonds. The third kappa shape index (κ3) is 36.0. The standard InChI is InChI=1S/C41H70O4/c1-3-5-7-9-11-13-14-15-16-17-18-19-20-21-22-24-26-28-34-38-41(44)45-39(36-32-29-30-33-37-40(42)43)35-31-27-25-23-12-10-8-6-4-2/h11,13,15-16,18-19,23,25,31,35,39H,3-10,12,14,17,20-22,24,26-30,32-34,36-38H2,1-2H3,(H,42,43)/b13-11-,16-15-,19-18-,25-23-,35-31-. The average Bonchev–Trinajstić information content (AvgIpc) is 3.02. The lowest BCUT2D eigenvalue weighted by molar-refractivity contribution is -0.147. The molecule has 1 N–H and O–H groups in total. The third-order valence-electron chi connectivity index (χ3n) is 7.95. The summed E-state index contributed by atoms with van der Waals surface area (Å²) in [4.78, 5) is 23.3. The molecule has 0 aromatic heterocycles. The molecule has 0 aliphatic carbocycles. The molecule has 4 heteroatoms. The fraction of sp³-hybridized carbons (Fsp3) is 0.707. The third-order valence-corrected chi connectivity index (χ3v) is 7.95. The number of carboxylic acid groups (broad SMARTS) is 1. The van der Waals surface area contributed by atoms with E-state index >= 15 is 0 Å². The fourth-order valence-electron chi connectivity index (χ4n) is 5.14. The normalized spacial score (nSPS) is 12.9. The van der Waals surface area contributed by atoms with E-state index in [2.05, 4.69) is 74.6 Å². The van der Waals surface area contributed by atoms with E-state index in [1.54, 1.807) is 0 Å². The van der Waals surface area contributed by atoms with Crippen molar-refractivity contribution in [1.29, 1.82) is 0 Å². The Hall–Kier alpha value is -2.36. The zero-order valence-electron chi connectivity index (χ0n) is 29.4. The van der Waals surface area contributed by atoms with Crippen molar-refractivity contribution < 1.29 is 19.4 Å². The number of allylic oxidation sites excluding steroid dienone is 9. The van der Waals surface area contributed by atoms with Crippen LogP contribution in [-0.2, 0) is 14.3 Å². The molecule has 0 fully saturated rings. The van der Waals surface area contributed by atoms with Gasteiger partial charge in [0.15, 0.2) is 0 Å². The van der Waals surface area contributed by atoms with Gasteiger partial charge in [-0.25, -0.2) is 0 Å². The summed E-state index contributed by atoms with van der Waals surface area (Å²) in [6.45, 7) is 4.48. The first kappa shape index (κ1) is 42.6. The Labute approximate surface area is 278 Å². The van der Waals surface area contributed by atoms with Crippen molar-refractivity contribution in [2.75, 3.05) is 0 Å². The van der Waals surface area contributed by atoms with E-state index in [0.29, 0.717) is 12.8 Å². The van der Waals surface area contributed by atoms with Crippen LogP contribution in [0.25, 0.3) is 0 Å². The highest BCUT2D eigenvalue weighted by Crippen LogP contribution is 2.14. The molecule has 258 valence electrons. The van der Waals surface area contributed by atoms with Crippen LogP contribution in [-0.4, -0.2) is 23.1 Å².